The van der Waals surface area contributed by atoms with Gasteiger partial charge in [0.1, 0.15) is 5.69 Å². The van der Waals surface area contributed by atoms with E-state index in [-0.39, 0.29) is 11.7 Å². The summed E-state index contributed by atoms with van der Waals surface area (Å²) >= 11 is 0. The molecule has 1 aliphatic rings. The normalized spacial score (nSPS) is 15.0. The molecule has 2 aromatic rings. The van der Waals surface area contributed by atoms with E-state index in [1.54, 1.807) is 0 Å². The van der Waals surface area contributed by atoms with Gasteiger partial charge in [0.15, 0.2) is 5.78 Å². The molecule has 26 heavy (non-hydrogen) atoms. The van der Waals surface area contributed by atoms with Gasteiger partial charge < -0.3 is 10.3 Å². The zero-order valence-corrected chi connectivity index (χ0v) is 15.8. The minimum atomic E-state index is -0.215. The Kier molecular flexibility index (Phi) is 5.57. The van der Waals surface area contributed by atoms with Crippen LogP contribution in [0.15, 0.2) is 24.3 Å². The number of amides is 1. The lowest BCUT2D eigenvalue weighted by Crippen LogP contribution is -2.29. The summed E-state index contributed by atoms with van der Waals surface area (Å²) in [7, 11) is 0. The minimum Gasteiger partial charge on any atom is -0.354 e. The fourth-order valence-corrected chi connectivity index (χ4v) is 3.82. The van der Waals surface area contributed by atoms with E-state index in [2.05, 4.69) is 21.3 Å². The number of piperidine rings is 1. The number of aromatic amines is 1. The molecule has 0 saturated carbocycles. The van der Waals surface area contributed by atoms with Crippen molar-refractivity contribution in [2.24, 2.45) is 0 Å². The summed E-state index contributed by atoms with van der Waals surface area (Å²) in [5, 5.41) is 2.96. The van der Waals surface area contributed by atoms with Gasteiger partial charge in [-0.2, -0.15) is 0 Å². The van der Waals surface area contributed by atoms with E-state index < -0.39 is 0 Å². The number of hydrogen-bond acceptors (Lipinski definition) is 3. The fourth-order valence-electron chi connectivity index (χ4n) is 3.82. The summed E-state index contributed by atoms with van der Waals surface area (Å²) in [6.45, 7) is 8.35. The number of nitrogens with zero attached hydrogens (tertiary/aromatic N) is 1. The summed E-state index contributed by atoms with van der Waals surface area (Å²) in [6, 6.07) is 8.00. The first-order chi connectivity index (χ1) is 12.5. The number of nitrogens with one attached hydrogen (secondary N) is 2. The van der Waals surface area contributed by atoms with Crippen LogP contribution in [0.1, 0.15) is 63.9 Å². The van der Waals surface area contributed by atoms with Crippen LogP contribution < -0.4 is 5.32 Å². The lowest BCUT2D eigenvalue weighted by atomic mass is 10.1. The van der Waals surface area contributed by atoms with Crippen LogP contribution in [0, 0.1) is 13.8 Å². The number of aromatic nitrogens is 1. The van der Waals surface area contributed by atoms with E-state index in [1.165, 1.54) is 31.7 Å². The number of anilines is 1. The second-order valence-electron chi connectivity index (χ2n) is 7.17. The van der Waals surface area contributed by atoms with E-state index in [9.17, 15) is 9.59 Å². The molecule has 1 fully saturated rings. The molecule has 3 rings (SSSR count). The molecule has 1 aromatic heterocycles. The standard InChI is InChI=1S/C21H27N3O2/c1-14-19(16(3)25)15(2)22-20(14)21(26)23-18-9-7-8-17(12-18)13-24-10-5-4-6-11-24/h7-9,12,22H,4-6,10-11,13H2,1-3H3,(H,23,26). The van der Waals surface area contributed by atoms with Crippen LogP contribution in [-0.2, 0) is 6.54 Å². The molecule has 1 saturated heterocycles. The van der Waals surface area contributed by atoms with Crippen molar-refractivity contribution < 1.29 is 9.59 Å². The summed E-state index contributed by atoms with van der Waals surface area (Å²) in [6.07, 6.45) is 3.85. The Morgan fingerprint density at radius 2 is 1.88 bits per heavy atom. The van der Waals surface area contributed by atoms with Crippen molar-refractivity contribution in [2.45, 2.75) is 46.6 Å². The molecule has 0 spiro atoms. The van der Waals surface area contributed by atoms with Crippen LogP contribution in [-0.4, -0.2) is 34.7 Å². The highest BCUT2D eigenvalue weighted by molar-refractivity contribution is 6.07. The third-order valence-corrected chi connectivity index (χ3v) is 5.06. The van der Waals surface area contributed by atoms with Crippen molar-refractivity contribution >= 4 is 17.4 Å². The second-order valence-corrected chi connectivity index (χ2v) is 7.17. The number of likely N-dealkylation sites (tertiary alicyclic amines) is 1. The van der Waals surface area contributed by atoms with Gasteiger partial charge in [0.2, 0.25) is 0 Å². The molecular formula is C21H27N3O2. The molecular weight excluding hydrogens is 326 g/mol. The zero-order valence-electron chi connectivity index (χ0n) is 15.8. The third kappa shape index (κ3) is 4.05. The van der Waals surface area contributed by atoms with Gasteiger partial charge in [-0.1, -0.05) is 18.6 Å². The Balaban J connectivity index is 1.72. The van der Waals surface area contributed by atoms with Gasteiger partial charge in [-0.05, 0) is 70.0 Å². The van der Waals surface area contributed by atoms with Crippen molar-refractivity contribution in [3.8, 4) is 0 Å². The van der Waals surface area contributed by atoms with E-state index in [0.29, 0.717) is 16.8 Å². The SMILES string of the molecule is CC(=O)c1c(C)[nH]c(C(=O)Nc2cccc(CN3CCCCC3)c2)c1C. The number of carbonyl (C=O) groups is 2. The monoisotopic (exact) mass is 353 g/mol. The van der Waals surface area contributed by atoms with Crippen LogP contribution in [0.4, 0.5) is 5.69 Å². The average molecular weight is 353 g/mol. The highest BCUT2D eigenvalue weighted by atomic mass is 16.2. The smallest absolute Gasteiger partial charge is 0.272 e. The summed E-state index contributed by atoms with van der Waals surface area (Å²) in [4.78, 5) is 29.9. The van der Waals surface area contributed by atoms with Crippen molar-refractivity contribution in [2.75, 3.05) is 18.4 Å². The number of benzene rings is 1. The lowest BCUT2D eigenvalue weighted by Gasteiger charge is -2.26. The molecule has 0 bridgehead atoms. The van der Waals surface area contributed by atoms with Crippen LogP contribution >= 0.6 is 0 Å². The molecule has 5 heteroatoms. The molecule has 2 N–H and O–H groups in total. The molecule has 1 aromatic carbocycles. The van der Waals surface area contributed by atoms with Gasteiger partial charge in [-0.25, -0.2) is 0 Å². The highest BCUT2D eigenvalue weighted by Crippen LogP contribution is 2.21. The van der Waals surface area contributed by atoms with Crippen LogP contribution in [0.25, 0.3) is 0 Å². The van der Waals surface area contributed by atoms with Gasteiger partial charge in [-0.15, -0.1) is 0 Å². The Labute approximate surface area is 154 Å². The average Bonchev–Trinajstić information content (AvgIpc) is 2.91. The summed E-state index contributed by atoms with van der Waals surface area (Å²) < 4.78 is 0. The second kappa shape index (κ2) is 7.87. The van der Waals surface area contributed by atoms with Gasteiger partial charge in [0, 0.05) is 23.5 Å². The van der Waals surface area contributed by atoms with Gasteiger partial charge in [0.05, 0.1) is 0 Å². The lowest BCUT2D eigenvalue weighted by molar-refractivity contribution is 0.101. The predicted molar refractivity (Wildman–Crippen MR) is 104 cm³/mol. The maximum absolute atomic E-state index is 12.7. The van der Waals surface area contributed by atoms with Crippen LogP contribution in [0.2, 0.25) is 0 Å². The van der Waals surface area contributed by atoms with Crippen LogP contribution in [0.3, 0.4) is 0 Å². The molecule has 5 nitrogen and oxygen atoms in total. The number of ketones is 1. The molecule has 2 heterocycles. The first kappa shape index (κ1) is 18.4. The van der Waals surface area contributed by atoms with Crippen molar-refractivity contribution in [3.05, 3.63) is 52.3 Å². The molecule has 1 aliphatic heterocycles. The number of rotatable bonds is 5. The number of Topliss-reactive ketones (excluding diaryl/α,β-unsaturated/α-hetero) is 1. The molecule has 1 amide bonds. The fraction of sp³-hybridized carbons (Fsp3) is 0.429. The largest absolute Gasteiger partial charge is 0.354 e. The Morgan fingerprint density at radius 3 is 2.54 bits per heavy atom. The number of carbonyl (C=O) groups excluding carboxylic acids is 2. The van der Waals surface area contributed by atoms with E-state index >= 15 is 0 Å². The zero-order chi connectivity index (χ0) is 18.7. The van der Waals surface area contributed by atoms with Gasteiger partial charge in [-0.3, -0.25) is 14.5 Å². The number of hydrogen-bond donors (Lipinski definition) is 2. The molecule has 0 radical (unpaired) electrons. The van der Waals surface area contributed by atoms with Gasteiger partial charge >= 0.3 is 0 Å². The van der Waals surface area contributed by atoms with E-state index in [4.69, 9.17) is 0 Å². The topological polar surface area (TPSA) is 65.2 Å². The minimum absolute atomic E-state index is 0.0289. The summed E-state index contributed by atoms with van der Waals surface area (Å²) in [5.74, 6) is -0.243. The van der Waals surface area contributed by atoms with Crippen molar-refractivity contribution in [3.63, 3.8) is 0 Å². The van der Waals surface area contributed by atoms with E-state index in [0.717, 1.165) is 31.0 Å². The number of H-pyrrole nitrogens is 1. The highest BCUT2D eigenvalue weighted by Gasteiger charge is 2.20. The Morgan fingerprint density at radius 1 is 1.15 bits per heavy atom. The molecule has 0 unspecified atom stereocenters. The third-order valence-electron chi connectivity index (χ3n) is 5.06. The Hall–Kier alpha value is -2.40. The molecule has 0 aliphatic carbocycles. The van der Waals surface area contributed by atoms with Crippen molar-refractivity contribution in [1.82, 2.24) is 9.88 Å². The Bertz CT molecular complexity index is 817. The quantitative estimate of drug-likeness (QED) is 0.796. The maximum Gasteiger partial charge on any atom is 0.272 e. The predicted octanol–water partition coefficient (Wildman–Crippen LogP) is 4.07. The summed E-state index contributed by atoms with van der Waals surface area (Å²) in [5.41, 5.74) is 4.48. The first-order valence-corrected chi connectivity index (χ1v) is 9.28. The molecule has 138 valence electrons. The van der Waals surface area contributed by atoms with Crippen molar-refractivity contribution in [1.29, 1.82) is 0 Å². The maximum atomic E-state index is 12.7. The van der Waals surface area contributed by atoms with Gasteiger partial charge in [0.25, 0.3) is 5.91 Å². The van der Waals surface area contributed by atoms with Crippen LogP contribution in [0.5, 0.6) is 0 Å². The molecule has 0 atom stereocenters. The van der Waals surface area contributed by atoms with E-state index in [1.807, 2.05) is 32.0 Å². The number of aryl methyl sites for hydroxylation is 1. The first-order valence-electron chi connectivity index (χ1n) is 9.28.